The number of amides is 1. The summed E-state index contributed by atoms with van der Waals surface area (Å²) in [4.78, 5) is 23.8. The van der Waals surface area contributed by atoms with Crippen molar-refractivity contribution in [3.8, 4) is 0 Å². The van der Waals surface area contributed by atoms with Gasteiger partial charge in [0.05, 0.1) is 7.11 Å². The van der Waals surface area contributed by atoms with Crippen molar-refractivity contribution < 1.29 is 14.3 Å². The summed E-state index contributed by atoms with van der Waals surface area (Å²) >= 11 is 3.34. The zero-order chi connectivity index (χ0) is 14.0. The molecule has 2 rings (SSSR count). The standard InChI is InChI=1S/C14H16BrNO3/c1-8-7-11(8)13(17)16-12(14(18)19-2)9-3-5-10(15)6-4-9/h3-6,8,11-12H,7H2,1-2H3,(H,16,17)/t8-,11+,12+/m0/s1. The number of nitrogens with one attached hydrogen (secondary N) is 1. The topological polar surface area (TPSA) is 55.4 Å². The van der Waals surface area contributed by atoms with Crippen molar-refractivity contribution in [1.82, 2.24) is 5.32 Å². The number of carbonyl (C=O) groups excluding carboxylic acids is 2. The van der Waals surface area contributed by atoms with E-state index in [0.29, 0.717) is 5.92 Å². The highest BCUT2D eigenvalue weighted by Crippen LogP contribution is 2.38. The van der Waals surface area contributed by atoms with Crippen LogP contribution in [0.5, 0.6) is 0 Å². The maximum Gasteiger partial charge on any atom is 0.333 e. The molecule has 1 aromatic rings. The van der Waals surface area contributed by atoms with Gasteiger partial charge in [-0.3, -0.25) is 4.79 Å². The van der Waals surface area contributed by atoms with Crippen LogP contribution < -0.4 is 5.32 Å². The average Bonchev–Trinajstić information content (AvgIpc) is 3.13. The van der Waals surface area contributed by atoms with Gasteiger partial charge < -0.3 is 10.1 Å². The van der Waals surface area contributed by atoms with Gasteiger partial charge >= 0.3 is 5.97 Å². The number of halogens is 1. The van der Waals surface area contributed by atoms with Gasteiger partial charge in [-0.1, -0.05) is 35.0 Å². The van der Waals surface area contributed by atoms with Crippen molar-refractivity contribution in [2.24, 2.45) is 11.8 Å². The van der Waals surface area contributed by atoms with Crippen molar-refractivity contribution in [3.63, 3.8) is 0 Å². The van der Waals surface area contributed by atoms with Gasteiger partial charge in [0.1, 0.15) is 0 Å². The Balaban J connectivity index is 2.14. The van der Waals surface area contributed by atoms with Gasteiger partial charge in [-0.15, -0.1) is 0 Å². The van der Waals surface area contributed by atoms with E-state index in [0.717, 1.165) is 16.5 Å². The third-order valence-electron chi connectivity index (χ3n) is 3.37. The molecular weight excluding hydrogens is 310 g/mol. The minimum absolute atomic E-state index is 0.0302. The van der Waals surface area contributed by atoms with Gasteiger partial charge in [0.25, 0.3) is 0 Å². The third-order valence-corrected chi connectivity index (χ3v) is 3.90. The Hall–Kier alpha value is -1.36. The highest BCUT2D eigenvalue weighted by Gasteiger charge is 2.40. The lowest BCUT2D eigenvalue weighted by molar-refractivity contribution is -0.145. The summed E-state index contributed by atoms with van der Waals surface area (Å²) in [5, 5.41) is 2.77. The van der Waals surface area contributed by atoms with Crippen LogP contribution in [-0.2, 0) is 14.3 Å². The predicted molar refractivity (Wildman–Crippen MR) is 74.3 cm³/mol. The third kappa shape index (κ3) is 3.35. The van der Waals surface area contributed by atoms with E-state index in [1.165, 1.54) is 7.11 Å². The summed E-state index contributed by atoms with van der Waals surface area (Å²) in [5.41, 5.74) is 0.719. The Labute approximate surface area is 120 Å². The molecule has 19 heavy (non-hydrogen) atoms. The first-order valence-electron chi connectivity index (χ1n) is 6.16. The van der Waals surface area contributed by atoms with Crippen molar-refractivity contribution in [1.29, 1.82) is 0 Å². The normalized spacial score (nSPS) is 22.5. The van der Waals surface area contributed by atoms with Crippen LogP contribution in [0.1, 0.15) is 24.9 Å². The Morgan fingerprint density at radius 1 is 1.37 bits per heavy atom. The monoisotopic (exact) mass is 325 g/mol. The molecule has 5 heteroatoms. The van der Waals surface area contributed by atoms with Crippen LogP contribution in [0.25, 0.3) is 0 Å². The molecule has 102 valence electrons. The number of hydrogen-bond donors (Lipinski definition) is 1. The van der Waals surface area contributed by atoms with Crippen molar-refractivity contribution in [2.45, 2.75) is 19.4 Å². The predicted octanol–water partition coefficient (Wildman–Crippen LogP) is 2.44. The molecule has 0 saturated heterocycles. The number of hydrogen-bond acceptors (Lipinski definition) is 3. The Bertz CT molecular complexity index is 486. The fourth-order valence-corrected chi connectivity index (χ4v) is 2.25. The summed E-state index contributed by atoms with van der Waals surface area (Å²) in [7, 11) is 1.32. The zero-order valence-electron chi connectivity index (χ0n) is 10.9. The summed E-state index contributed by atoms with van der Waals surface area (Å²) in [6.07, 6.45) is 0.889. The van der Waals surface area contributed by atoms with E-state index in [9.17, 15) is 9.59 Å². The first kappa shape index (κ1) is 14.1. The molecule has 0 radical (unpaired) electrons. The highest BCUT2D eigenvalue weighted by atomic mass is 79.9. The average molecular weight is 326 g/mol. The van der Waals surface area contributed by atoms with Gasteiger partial charge in [-0.05, 0) is 30.0 Å². The van der Waals surface area contributed by atoms with E-state index in [1.54, 1.807) is 12.1 Å². The number of ether oxygens (including phenoxy) is 1. The molecule has 1 aromatic carbocycles. The maximum atomic E-state index is 12.0. The summed E-state index contributed by atoms with van der Waals surface area (Å²) < 4.78 is 5.68. The van der Waals surface area contributed by atoms with Crippen LogP contribution in [0.15, 0.2) is 28.7 Å². The minimum atomic E-state index is -0.738. The first-order valence-corrected chi connectivity index (χ1v) is 6.96. The van der Waals surface area contributed by atoms with E-state index in [4.69, 9.17) is 4.74 Å². The fourth-order valence-electron chi connectivity index (χ4n) is 1.99. The molecular formula is C14H16BrNO3. The number of rotatable bonds is 4. The van der Waals surface area contributed by atoms with Crippen molar-refractivity contribution in [2.75, 3.05) is 7.11 Å². The Morgan fingerprint density at radius 3 is 2.42 bits per heavy atom. The second kappa shape index (κ2) is 5.74. The second-order valence-electron chi connectivity index (χ2n) is 4.84. The fraction of sp³-hybridized carbons (Fsp3) is 0.429. The molecule has 1 aliphatic carbocycles. The van der Waals surface area contributed by atoms with Gasteiger partial charge in [-0.2, -0.15) is 0 Å². The van der Waals surface area contributed by atoms with E-state index < -0.39 is 12.0 Å². The number of benzene rings is 1. The van der Waals surface area contributed by atoms with E-state index in [-0.39, 0.29) is 11.8 Å². The van der Waals surface area contributed by atoms with E-state index in [1.807, 2.05) is 19.1 Å². The van der Waals surface area contributed by atoms with Crippen LogP contribution in [0.2, 0.25) is 0 Å². The molecule has 0 aliphatic heterocycles. The molecule has 4 nitrogen and oxygen atoms in total. The number of methoxy groups -OCH3 is 1. The first-order chi connectivity index (χ1) is 9.02. The van der Waals surface area contributed by atoms with E-state index in [2.05, 4.69) is 21.2 Å². The van der Waals surface area contributed by atoms with Gasteiger partial charge in [-0.25, -0.2) is 4.79 Å². The lowest BCUT2D eigenvalue weighted by atomic mass is 10.1. The molecule has 0 unspecified atom stereocenters. The van der Waals surface area contributed by atoms with Crippen LogP contribution in [0.3, 0.4) is 0 Å². The van der Waals surface area contributed by atoms with Crippen LogP contribution in [-0.4, -0.2) is 19.0 Å². The van der Waals surface area contributed by atoms with Crippen molar-refractivity contribution >= 4 is 27.8 Å². The van der Waals surface area contributed by atoms with E-state index >= 15 is 0 Å². The molecule has 0 aromatic heterocycles. The smallest absolute Gasteiger partial charge is 0.333 e. The zero-order valence-corrected chi connectivity index (χ0v) is 12.4. The second-order valence-corrected chi connectivity index (χ2v) is 5.75. The molecule has 0 heterocycles. The maximum absolute atomic E-state index is 12.0. The summed E-state index contributed by atoms with van der Waals surface area (Å²) in [6, 6.07) is 6.51. The molecule has 1 aliphatic rings. The molecule has 1 amide bonds. The molecule has 3 atom stereocenters. The highest BCUT2D eigenvalue weighted by molar-refractivity contribution is 9.10. The molecule has 0 bridgehead atoms. The minimum Gasteiger partial charge on any atom is -0.467 e. The number of carbonyl (C=O) groups is 2. The van der Waals surface area contributed by atoms with Crippen LogP contribution >= 0.6 is 15.9 Å². The molecule has 1 saturated carbocycles. The largest absolute Gasteiger partial charge is 0.467 e. The van der Waals surface area contributed by atoms with Gasteiger partial charge in [0.15, 0.2) is 6.04 Å². The Morgan fingerprint density at radius 2 is 1.95 bits per heavy atom. The number of esters is 1. The molecule has 1 N–H and O–H groups in total. The lowest BCUT2D eigenvalue weighted by Crippen LogP contribution is -2.35. The van der Waals surface area contributed by atoms with Crippen LogP contribution in [0.4, 0.5) is 0 Å². The lowest BCUT2D eigenvalue weighted by Gasteiger charge is -2.17. The van der Waals surface area contributed by atoms with Crippen LogP contribution in [0, 0.1) is 11.8 Å². The summed E-state index contributed by atoms with van der Waals surface area (Å²) in [5.74, 6) is -0.0967. The quantitative estimate of drug-likeness (QED) is 0.865. The van der Waals surface area contributed by atoms with Crippen molar-refractivity contribution in [3.05, 3.63) is 34.3 Å². The van der Waals surface area contributed by atoms with Gasteiger partial charge in [0.2, 0.25) is 5.91 Å². The molecule has 1 fully saturated rings. The summed E-state index contributed by atoms with van der Waals surface area (Å²) in [6.45, 7) is 2.02. The Kier molecular flexibility index (Phi) is 4.24. The van der Waals surface area contributed by atoms with Gasteiger partial charge in [0, 0.05) is 10.4 Å². The molecule has 0 spiro atoms. The SMILES string of the molecule is COC(=O)[C@H](NC(=O)[C@@H]1C[C@@H]1C)c1ccc(Br)cc1.